The normalized spacial score (nSPS) is 12.9. The van der Waals surface area contributed by atoms with Crippen molar-refractivity contribution in [3.8, 4) is 6.07 Å². The summed E-state index contributed by atoms with van der Waals surface area (Å²) in [5, 5.41) is 8.76. The minimum Gasteiger partial charge on any atom is -0.229 e. The molecule has 21 heavy (non-hydrogen) atoms. The lowest BCUT2D eigenvalue weighted by Crippen LogP contribution is -2.43. The fraction of sp³-hybridized carbons (Fsp3) is 0.417. The number of sulfone groups is 1. The van der Waals surface area contributed by atoms with Crippen molar-refractivity contribution in [2.45, 2.75) is 23.5 Å². The number of benzene rings is 1. The zero-order chi connectivity index (χ0) is 16.5. The highest BCUT2D eigenvalue weighted by atomic mass is 35.5. The van der Waals surface area contributed by atoms with Gasteiger partial charge in [0.05, 0.1) is 20.2 Å². The summed E-state index contributed by atoms with van der Waals surface area (Å²) in [4.78, 5) is -0.129. The zero-order valence-corrected chi connectivity index (χ0v) is 14.1. The molecule has 0 aliphatic rings. The molecule has 9 heteroatoms. The van der Waals surface area contributed by atoms with Crippen molar-refractivity contribution in [3.63, 3.8) is 0 Å². The first kappa shape index (κ1) is 17.9. The minimum absolute atomic E-state index is 0.0164. The van der Waals surface area contributed by atoms with Gasteiger partial charge in [0, 0.05) is 12.8 Å². The van der Waals surface area contributed by atoms with E-state index in [9.17, 15) is 16.8 Å². The van der Waals surface area contributed by atoms with Crippen LogP contribution in [0.15, 0.2) is 23.1 Å². The van der Waals surface area contributed by atoms with Gasteiger partial charge in [0.2, 0.25) is 10.0 Å². The number of sulfonamides is 1. The lowest BCUT2D eigenvalue weighted by Gasteiger charge is -2.22. The maximum atomic E-state index is 12.1. The van der Waals surface area contributed by atoms with Crippen LogP contribution < -0.4 is 4.72 Å². The molecule has 1 N–H and O–H groups in total. The summed E-state index contributed by atoms with van der Waals surface area (Å²) >= 11 is 5.79. The van der Waals surface area contributed by atoms with Gasteiger partial charge in [-0.15, -0.1) is 0 Å². The van der Waals surface area contributed by atoms with Crippen LogP contribution in [0.4, 0.5) is 0 Å². The number of hydrogen-bond donors (Lipinski definition) is 1. The maximum absolute atomic E-state index is 12.1. The monoisotopic (exact) mass is 350 g/mol. The fourth-order valence-electron chi connectivity index (χ4n) is 1.24. The van der Waals surface area contributed by atoms with Crippen molar-refractivity contribution in [2.24, 2.45) is 0 Å². The van der Waals surface area contributed by atoms with E-state index in [0.717, 1.165) is 12.3 Å². The molecule has 0 saturated heterocycles. The van der Waals surface area contributed by atoms with Gasteiger partial charge in [0.25, 0.3) is 0 Å². The van der Waals surface area contributed by atoms with E-state index in [1.54, 1.807) is 0 Å². The fourth-order valence-corrected chi connectivity index (χ4v) is 3.19. The summed E-state index contributed by atoms with van der Waals surface area (Å²) in [5.41, 5.74) is 0.159. The first-order chi connectivity index (χ1) is 9.40. The van der Waals surface area contributed by atoms with E-state index >= 15 is 0 Å². The smallest absolute Gasteiger partial charge is 0.229 e. The van der Waals surface area contributed by atoms with Gasteiger partial charge in [-0.3, -0.25) is 0 Å². The van der Waals surface area contributed by atoms with Crippen molar-refractivity contribution in [2.75, 3.05) is 12.8 Å². The average molecular weight is 351 g/mol. The molecule has 1 aromatic rings. The van der Waals surface area contributed by atoms with Gasteiger partial charge in [0.15, 0.2) is 9.84 Å². The van der Waals surface area contributed by atoms with E-state index < -0.39 is 24.6 Å². The Morgan fingerprint density at radius 2 is 1.86 bits per heavy atom. The van der Waals surface area contributed by atoms with Crippen LogP contribution >= 0.6 is 11.6 Å². The van der Waals surface area contributed by atoms with Crippen LogP contribution in [-0.2, 0) is 19.9 Å². The topological polar surface area (TPSA) is 104 Å². The second-order valence-corrected chi connectivity index (χ2v) is 9.93. The quantitative estimate of drug-likeness (QED) is 0.862. The Hall–Kier alpha value is -1.14. The van der Waals surface area contributed by atoms with E-state index in [0.29, 0.717) is 0 Å². The number of nitrogens with zero attached hydrogens (tertiary/aromatic N) is 1. The predicted molar refractivity (Wildman–Crippen MR) is 80.3 cm³/mol. The van der Waals surface area contributed by atoms with Crippen LogP contribution in [0.5, 0.6) is 0 Å². The molecule has 0 unspecified atom stereocenters. The van der Waals surface area contributed by atoms with E-state index in [2.05, 4.69) is 4.72 Å². The Balaban J connectivity index is 3.04. The standard InChI is InChI=1S/C12H15ClN2O4S2/c1-12(2,20(3,16)17)8-15-21(18,19)10-5-4-9(7-14)11(13)6-10/h4-6,15H,8H2,1-3H3. The maximum Gasteiger partial charge on any atom is 0.240 e. The molecule has 116 valence electrons. The Bertz CT molecular complexity index is 793. The molecule has 0 heterocycles. The second kappa shape index (κ2) is 5.93. The molecule has 0 fully saturated rings. The van der Waals surface area contributed by atoms with Crippen LogP contribution in [0.2, 0.25) is 5.02 Å². The Morgan fingerprint density at radius 1 is 1.29 bits per heavy atom. The third-order valence-electron chi connectivity index (χ3n) is 3.06. The van der Waals surface area contributed by atoms with Gasteiger partial charge >= 0.3 is 0 Å². The number of hydrogen-bond acceptors (Lipinski definition) is 5. The van der Waals surface area contributed by atoms with Gasteiger partial charge < -0.3 is 0 Å². The Morgan fingerprint density at radius 3 is 2.29 bits per heavy atom. The molecule has 0 saturated carbocycles. The molecule has 0 aliphatic heterocycles. The number of nitriles is 1. The van der Waals surface area contributed by atoms with Crippen LogP contribution in [-0.4, -0.2) is 34.4 Å². The van der Waals surface area contributed by atoms with Gasteiger partial charge in [-0.05, 0) is 32.0 Å². The van der Waals surface area contributed by atoms with Crippen molar-refractivity contribution in [1.29, 1.82) is 5.26 Å². The second-order valence-electron chi connectivity index (χ2n) is 5.11. The third kappa shape index (κ3) is 4.17. The molecular weight excluding hydrogens is 336 g/mol. The first-order valence-electron chi connectivity index (χ1n) is 5.80. The lowest BCUT2D eigenvalue weighted by molar-refractivity contribution is 0.537. The summed E-state index contributed by atoms with van der Waals surface area (Å²) in [6, 6.07) is 5.50. The molecule has 0 bridgehead atoms. The van der Waals surface area contributed by atoms with Crippen molar-refractivity contribution < 1.29 is 16.8 Å². The zero-order valence-electron chi connectivity index (χ0n) is 11.7. The molecule has 6 nitrogen and oxygen atoms in total. The predicted octanol–water partition coefficient (Wildman–Crippen LogP) is 1.31. The van der Waals surface area contributed by atoms with E-state index in [1.807, 2.05) is 6.07 Å². The highest BCUT2D eigenvalue weighted by Gasteiger charge is 2.32. The summed E-state index contributed by atoms with van der Waals surface area (Å²) in [5.74, 6) is 0. The largest absolute Gasteiger partial charge is 0.240 e. The van der Waals surface area contributed by atoms with E-state index in [4.69, 9.17) is 16.9 Å². The van der Waals surface area contributed by atoms with Crippen LogP contribution in [0, 0.1) is 11.3 Å². The summed E-state index contributed by atoms with van der Waals surface area (Å²) in [6.45, 7) is 2.58. The molecular formula is C12H15ClN2O4S2. The summed E-state index contributed by atoms with van der Waals surface area (Å²) in [7, 11) is -7.33. The molecule has 1 aromatic carbocycles. The van der Waals surface area contributed by atoms with E-state index in [1.165, 1.54) is 26.0 Å². The van der Waals surface area contributed by atoms with E-state index in [-0.39, 0.29) is 22.0 Å². The molecule has 0 aromatic heterocycles. The molecule has 0 aliphatic carbocycles. The van der Waals surface area contributed by atoms with Gasteiger partial charge in [-0.25, -0.2) is 21.6 Å². The minimum atomic E-state index is -3.91. The molecule has 1 rings (SSSR count). The Labute approximate surface area is 129 Å². The molecule has 0 atom stereocenters. The molecule has 0 radical (unpaired) electrons. The average Bonchev–Trinajstić information content (AvgIpc) is 2.35. The highest BCUT2D eigenvalue weighted by Crippen LogP contribution is 2.21. The van der Waals surface area contributed by atoms with Crippen LogP contribution in [0.25, 0.3) is 0 Å². The van der Waals surface area contributed by atoms with Crippen molar-refractivity contribution in [3.05, 3.63) is 28.8 Å². The number of halogens is 1. The Kier molecular flexibility index (Phi) is 5.05. The highest BCUT2D eigenvalue weighted by molar-refractivity contribution is 7.92. The van der Waals surface area contributed by atoms with Crippen molar-refractivity contribution in [1.82, 2.24) is 4.72 Å². The molecule has 0 amide bonds. The van der Waals surface area contributed by atoms with Gasteiger partial charge in [0.1, 0.15) is 6.07 Å². The SMILES string of the molecule is CC(C)(CNS(=O)(=O)c1ccc(C#N)c(Cl)c1)S(C)(=O)=O. The number of nitrogens with one attached hydrogen (secondary N) is 1. The summed E-state index contributed by atoms with van der Waals surface area (Å²) in [6.07, 6.45) is 1.04. The lowest BCUT2D eigenvalue weighted by atomic mass is 10.2. The van der Waals surface area contributed by atoms with Crippen LogP contribution in [0.1, 0.15) is 19.4 Å². The number of rotatable bonds is 5. The van der Waals surface area contributed by atoms with Gasteiger partial charge in [-0.2, -0.15) is 5.26 Å². The third-order valence-corrected chi connectivity index (χ3v) is 6.93. The van der Waals surface area contributed by atoms with Crippen molar-refractivity contribution >= 4 is 31.5 Å². The van der Waals surface area contributed by atoms with Crippen LogP contribution in [0.3, 0.4) is 0 Å². The first-order valence-corrected chi connectivity index (χ1v) is 9.55. The molecule has 0 spiro atoms. The summed E-state index contributed by atoms with van der Waals surface area (Å²) < 4.78 is 48.3. The van der Waals surface area contributed by atoms with Gasteiger partial charge in [-0.1, -0.05) is 11.6 Å².